The molecule has 172 valence electrons. The third-order valence-corrected chi connectivity index (χ3v) is 4.79. The van der Waals surface area contributed by atoms with E-state index in [1.165, 1.54) is 19.6 Å². The molecule has 2 aromatic rings. The van der Waals surface area contributed by atoms with Crippen molar-refractivity contribution < 1.29 is 28.3 Å². The second-order valence-corrected chi connectivity index (χ2v) is 7.16. The fourth-order valence-corrected chi connectivity index (χ4v) is 3.21. The van der Waals surface area contributed by atoms with Crippen LogP contribution in [0.4, 0.5) is 0 Å². The van der Waals surface area contributed by atoms with E-state index in [1.807, 2.05) is 0 Å². The lowest BCUT2D eigenvalue weighted by atomic mass is 10.2. The van der Waals surface area contributed by atoms with E-state index in [2.05, 4.69) is 30.2 Å². The normalized spacial score (nSPS) is 16.9. The number of nitrogens with zero attached hydrogens (tertiary/aromatic N) is 3. The van der Waals surface area contributed by atoms with Crippen molar-refractivity contribution in [2.45, 2.75) is 25.8 Å². The van der Waals surface area contributed by atoms with Crippen LogP contribution in [-0.2, 0) is 16.1 Å². The highest BCUT2D eigenvalue weighted by Crippen LogP contribution is 2.15. The Hall–Kier alpha value is -3.47. The monoisotopic (exact) mass is 445 g/mol. The summed E-state index contributed by atoms with van der Waals surface area (Å²) in [5.74, 6) is -0.209. The lowest BCUT2D eigenvalue weighted by Crippen LogP contribution is -2.33. The number of oxazole rings is 1. The minimum atomic E-state index is -0.565. The summed E-state index contributed by atoms with van der Waals surface area (Å²) >= 11 is 0. The molecule has 1 aliphatic heterocycles. The summed E-state index contributed by atoms with van der Waals surface area (Å²) in [5.41, 5.74) is 0.315. The summed E-state index contributed by atoms with van der Waals surface area (Å²) < 4.78 is 15.6. The van der Waals surface area contributed by atoms with Crippen molar-refractivity contribution in [3.8, 4) is 5.75 Å². The zero-order valence-corrected chi connectivity index (χ0v) is 18.0. The molecule has 11 nitrogen and oxygen atoms in total. The lowest BCUT2D eigenvalue weighted by Gasteiger charge is -2.21. The summed E-state index contributed by atoms with van der Waals surface area (Å²) in [6.45, 7) is 2.61. The third kappa shape index (κ3) is 6.77. The van der Waals surface area contributed by atoms with Crippen molar-refractivity contribution in [1.82, 2.24) is 25.5 Å². The van der Waals surface area contributed by atoms with E-state index < -0.39 is 5.97 Å². The summed E-state index contributed by atoms with van der Waals surface area (Å²) in [4.78, 5) is 46.5. The number of methoxy groups -OCH3 is 1. The Labute approximate surface area is 185 Å². The molecular weight excluding hydrogens is 418 g/mol. The van der Waals surface area contributed by atoms with Gasteiger partial charge in [-0.3, -0.25) is 14.5 Å². The first-order valence-corrected chi connectivity index (χ1v) is 10.4. The molecule has 0 fully saturated rings. The summed E-state index contributed by atoms with van der Waals surface area (Å²) in [6.07, 6.45) is 4.45. The molecule has 0 saturated heterocycles. The molecule has 0 atom stereocenters. The first-order valence-electron chi connectivity index (χ1n) is 10.4. The zero-order chi connectivity index (χ0) is 22.8. The van der Waals surface area contributed by atoms with E-state index >= 15 is 0 Å². The van der Waals surface area contributed by atoms with Gasteiger partial charge >= 0.3 is 5.97 Å². The predicted octanol–water partition coefficient (Wildman–Crippen LogP) is 0.767. The van der Waals surface area contributed by atoms with Crippen LogP contribution in [0, 0.1) is 0 Å². The maximum atomic E-state index is 12.5. The van der Waals surface area contributed by atoms with E-state index in [1.54, 1.807) is 12.1 Å². The van der Waals surface area contributed by atoms with Crippen LogP contribution in [0.5, 0.6) is 5.75 Å². The molecule has 0 aliphatic carbocycles. The van der Waals surface area contributed by atoms with Crippen LogP contribution in [0.15, 0.2) is 29.0 Å². The fourth-order valence-electron chi connectivity index (χ4n) is 3.21. The highest BCUT2D eigenvalue weighted by molar-refractivity contribution is 5.94. The van der Waals surface area contributed by atoms with Gasteiger partial charge in [0, 0.05) is 25.7 Å². The number of esters is 1. The Morgan fingerprint density at radius 2 is 2.06 bits per heavy atom. The van der Waals surface area contributed by atoms with Crippen LogP contribution in [0.1, 0.15) is 46.1 Å². The number of ether oxygens (including phenoxy) is 2. The molecule has 3 heterocycles. The molecule has 0 radical (unpaired) electrons. The Bertz CT molecular complexity index is 931. The standard InChI is InChI=1S/C21H27N5O6/c1-30-21(29)15-14-32-18(25-15)13-26-10-3-6-17(27)22-9-12-31-16-5-2-7-23-19(16)20(28)24-8-4-11-26/h2,5,7,14H,3-4,6,8-13H2,1H3,(H,22,27)(H,24,28). The van der Waals surface area contributed by atoms with E-state index in [-0.39, 0.29) is 29.8 Å². The number of nitrogens with one attached hydrogen (secondary N) is 2. The van der Waals surface area contributed by atoms with E-state index in [9.17, 15) is 14.4 Å². The molecule has 32 heavy (non-hydrogen) atoms. The Balaban J connectivity index is 1.64. The number of hydrogen-bond acceptors (Lipinski definition) is 9. The van der Waals surface area contributed by atoms with Crippen LogP contribution < -0.4 is 15.4 Å². The number of aromatic nitrogens is 2. The summed E-state index contributed by atoms with van der Waals surface area (Å²) in [6, 6.07) is 3.36. The van der Waals surface area contributed by atoms with Gasteiger partial charge in [-0.15, -0.1) is 0 Å². The average Bonchev–Trinajstić information content (AvgIpc) is 3.27. The van der Waals surface area contributed by atoms with E-state index in [0.29, 0.717) is 63.6 Å². The summed E-state index contributed by atoms with van der Waals surface area (Å²) in [5, 5.41) is 5.67. The van der Waals surface area contributed by atoms with Crippen molar-refractivity contribution in [2.75, 3.05) is 39.9 Å². The van der Waals surface area contributed by atoms with Gasteiger partial charge in [0.15, 0.2) is 17.1 Å². The Kier molecular flexibility index (Phi) is 8.55. The van der Waals surface area contributed by atoms with Crippen LogP contribution in [-0.4, -0.2) is 72.5 Å². The number of amides is 2. The van der Waals surface area contributed by atoms with Crippen molar-refractivity contribution in [3.63, 3.8) is 0 Å². The van der Waals surface area contributed by atoms with Gasteiger partial charge in [0.25, 0.3) is 5.91 Å². The average molecular weight is 445 g/mol. The van der Waals surface area contributed by atoms with Crippen molar-refractivity contribution in [3.05, 3.63) is 41.9 Å². The van der Waals surface area contributed by atoms with Gasteiger partial charge in [0.1, 0.15) is 12.9 Å². The van der Waals surface area contributed by atoms with Gasteiger partial charge in [0.05, 0.1) is 20.2 Å². The maximum Gasteiger partial charge on any atom is 0.360 e. The van der Waals surface area contributed by atoms with Gasteiger partial charge in [-0.1, -0.05) is 0 Å². The molecular formula is C21H27N5O6. The molecule has 0 unspecified atom stereocenters. The predicted molar refractivity (Wildman–Crippen MR) is 112 cm³/mol. The zero-order valence-electron chi connectivity index (χ0n) is 18.0. The van der Waals surface area contributed by atoms with Gasteiger partial charge in [-0.2, -0.15) is 0 Å². The minimum Gasteiger partial charge on any atom is -0.489 e. The third-order valence-electron chi connectivity index (χ3n) is 4.79. The van der Waals surface area contributed by atoms with Gasteiger partial charge in [-0.05, 0) is 31.5 Å². The van der Waals surface area contributed by atoms with Crippen molar-refractivity contribution >= 4 is 17.8 Å². The molecule has 0 spiro atoms. The molecule has 0 aromatic carbocycles. The van der Waals surface area contributed by atoms with Crippen LogP contribution in [0.2, 0.25) is 0 Å². The smallest absolute Gasteiger partial charge is 0.360 e. The topological polar surface area (TPSA) is 136 Å². The molecule has 1 aliphatic rings. The highest BCUT2D eigenvalue weighted by atomic mass is 16.5. The minimum absolute atomic E-state index is 0.0751. The summed E-state index contributed by atoms with van der Waals surface area (Å²) in [7, 11) is 1.28. The van der Waals surface area contributed by atoms with Crippen molar-refractivity contribution in [1.29, 1.82) is 0 Å². The highest BCUT2D eigenvalue weighted by Gasteiger charge is 2.17. The van der Waals surface area contributed by atoms with Crippen LogP contribution >= 0.6 is 0 Å². The molecule has 2 N–H and O–H groups in total. The molecule has 2 amide bonds. The molecule has 2 aromatic heterocycles. The molecule has 0 saturated carbocycles. The first kappa shape index (κ1) is 23.2. The number of carbonyl (C=O) groups excluding carboxylic acids is 3. The number of carbonyl (C=O) groups is 3. The van der Waals surface area contributed by atoms with Gasteiger partial charge in [-0.25, -0.2) is 14.8 Å². The number of hydrogen-bond donors (Lipinski definition) is 2. The van der Waals surface area contributed by atoms with E-state index in [4.69, 9.17) is 9.15 Å². The fraction of sp³-hybridized carbons (Fsp3) is 0.476. The molecule has 0 bridgehead atoms. The van der Waals surface area contributed by atoms with Crippen LogP contribution in [0.25, 0.3) is 0 Å². The van der Waals surface area contributed by atoms with Crippen molar-refractivity contribution in [2.24, 2.45) is 0 Å². The molecule has 11 heteroatoms. The Morgan fingerprint density at radius 3 is 2.91 bits per heavy atom. The first-order chi connectivity index (χ1) is 15.6. The van der Waals surface area contributed by atoms with Crippen LogP contribution in [0.3, 0.4) is 0 Å². The largest absolute Gasteiger partial charge is 0.489 e. The lowest BCUT2D eigenvalue weighted by molar-refractivity contribution is -0.121. The second kappa shape index (κ2) is 11.8. The van der Waals surface area contributed by atoms with E-state index in [0.717, 1.165) is 0 Å². The molecule has 3 rings (SSSR count). The van der Waals surface area contributed by atoms with Gasteiger partial charge in [0.2, 0.25) is 11.8 Å². The SMILES string of the molecule is COC(=O)c1coc(CN2CCCNC(=O)c3ncccc3OCCNC(=O)CCC2)n1. The second-order valence-electron chi connectivity index (χ2n) is 7.16. The number of fused-ring (bicyclic) bond motifs is 1. The number of rotatable bonds is 3. The Morgan fingerprint density at radius 1 is 1.22 bits per heavy atom. The quantitative estimate of drug-likeness (QED) is 0.656. The maximum absolute atomic E-state index is 12.5. The van der Waals surface area contributed by atoms with Gasteiger partial charge < -0.3 is 24.5 Å². The number of pyridine rings is 1.